The van der Waals surface area contributed by atoms with Gasteiger partial charge in [-0.05, 0) is 13.5 Å². The third kappa shape index (κ3) is 4.38. The van der Waals surface area contributed by atoms with Gasteiger partial charge in [0.05, 0.1) is 6.42 Å². The SMILES string of the molecule is CNC(CCC(=O)ON1C(=O)CCC1=O)C(=O)ON1C(=O)CCC1=O. The summed E-state index contributed by atoms with van der Waals surface area (Å²) in [7, 11) is 1.43. The molecule has 2 aliphatic rings. The lowest BCUT2D eigenvalue weighted by atomic mass is 10.1. The van der Waals surface area contributed by atoms with Gasteiger partial charge in [-0.15, -0.1) is 10.1 Å². The van der Waals surface area contributed by atoms with Crippen molar-refractivity contribution in [2.45, 2.75) is 44.6 Å². The topological polar surface area (TPSA) is 139 Å². The number of likely N-dealkylation sites (N-methyl/N-ethyl adjacent to an activating group) is 1. The minimum Gasteiger partial charge on any atom is -0.330 e. The van der Waals surface area contributed by atoms with Gasteiger partial charge in [0.15, 0.2) is 0 Å². The first-order chi connectivity index (χ1) is 11.8. The first-order valence-electron chi connectivity index (χ1n) is 7.65. The van der Waals surface area contributed by atoms with Crippen LogP contribution in [-0.4, -0.2) is 58.8 Å². The Hall–Kier alpha value is -2.82. The van der Waals surface area contributed by atoms with E-state index in [0.29, 0.717) is 10.1 Å². The molecule has 0 aromatic carbocycles. The molecule has 0 aromatic rings. The summed E-state index contributed by atoms with van der Waals surface area (Å²) in [5.74, 6) is -4.21. The Morgan fingerprint density at radius 3 is 1.80 bits per heavy atom. The van der Waals surface area contributed by atoms with Crippen molar-refractivity contribution < 1.29 is 38.4 Å². The molecule has 11 heteroatoms. The number of rotatable bonds is 7. The zero-order valence-corrected chi connectivity index (χ0v) is 13.5. The summed E-state index contributed by atoms with van der Waals surface area (Å²) in [6, 6.07) is -0.987. The predicted octanol–water partition coefficient (Wildman–Crippen LogP) is -1.43. The molecule has 2 saturated heterocycles. The van der Waals surface area contributed by atoms with Crippen LogP contribution in [0.3, 0.4) is 0 Å². The van der Waals surface area contributed by atoms with Gasteiger partial charge in [0.25, 0.3) is 23.6 Å². The predicted molar refractivity (Wildman–Crippen MR) is 76.4 cm³/mol. The summed E-state index contributed by atoms with van der Waals surface area (Å²) >= 11 is 0. The molecular weight excluding hydrogens is 338 g/mol. The third-order valence-corrected chi connectivity index (χ3v) is 3.66. The van der Waals surface area contributed by atoms with Crippen LogP contribution < -0.4 is 5.32 Å². The number of hydroxylamine groups is 4. The third-order valence-electron chi connectivity index (χ3n) is 3.66. The van der Waals surface area contributed by atoms with Crippen LogP contribution in [0.4, 0.5) is 0 Å². The zero-order valence-electron chi connectivity index (χ0n) is 13.5. The standard InChI is InChI=1S/C14H17N3O8/c1-15-8(14(23)25-17-11(20)5-6-12(17)21)2-7-13(22)24-16-9(18)3-4-10(16)19/h8,15H,2-7H2,1H3. The average molecular weight is 355 g/mol. The summed E-state index contributed by atoms with van der Waals surface area (Å²) in [4.78, 5) is 78.7. The lowest BCUT2D eigenvalue weighted by Crippen LogP contribution is -2.42. The van der Waals surface area contributed by atoms with Gasteiger partial charge in [0, 0.05) is 25.7 Å². The van der Waals surface area contributed by atoms with Crippen molar-refractivity contribution in [1.82, 2.24) is 15.4 Å². The van der Waals surface area contributed by atoms with E-state index in [9.17, 15) is 28.8 Å². The monoisotopic (exact) mass is 355 g/mol. The summed E-state index contributed by atoms with van der Waals surface area (Å²) in [5, 5.41) is 3.42. The van der Waals surface area contributed by atoms with Crippen molar-refractivity contribution >= 4 is 35.6 Å². The molecule has 1 unspecified atom stereocenters. The second kappa shape index (κ2) is 7.83. The second-order valence-electron chi connectivity index (χ2n) is 5.42. The Labute approximate surface area is 142 Å². The number of nitrogens with one attached hydrogen (secondary N) is 1. The van der Waals surface area contributed by atoms with Crippen molar-refractivity contribution in [1.29, 1.82) is 0 Å². The molecule has 11 nitrogen and oxygen atoms in total. The molecule has 0 radical (unpaired) electrons. The maximum absolute atomic E-state index is 12.0. The summed E-state index contributed by atoms with van der Waals surface area (Å²) < 4.78 is 0. The van der Waals surface area contributed by atoms with Gasteiger partial charge in [-0.25, -0.2) is 9.59 Å². The van der Waals surface area contributed by atoms with E-state index in [1.807, 2.05) is 0 Å². The summed E-state index contributed by atoms with van der Waals surface area (Å²) in [6.45, 7) is 0. The minimum absolute atomic E-state index is 0.0184. The van der Waals surface area contributed by atoms with Crippen LogP contribution >= 0.6 is 0 Å². The second-order valence-corrected chi connectivity index (χ2v) is 5.42. The van der Waals surface area contributed by atoms with Gasteiger partial charge in [0.2, 0.25) is 0 Å². The van der Waals surface area contributed by atoms with Crippen molar-refractivity contribution in [2.24, 2.45) is 0 Å². The number of nitrogens with zero attached hydrogens (tertiary/aromatic N) is 2. The average Bonchev–Trinajstić information content (AvgIpc) is 3.05. The van der Waals surface area contributed by atoms with Crippen molar-refractivity contribution in [3.8, 4) is 0 Å². The van der Waals surface area contributed by atoms with Crippen LogP contribution in [0.15, 0.2) is 0 Å². The van der Waals surface area contributed by atoms with Crippen LogP contribution in [0.25, 0.3) is 0 Å². The lowest BCUT2D eigenvalue weighted by molar-refractivity contribution is -0.200. The molecular formula is C14H17N3O8. The van der Waals surface area contributed by atoms with Crippen molar-refractivity contribution in [2.75, 3.05) is 7.05 Å². The van der Waals surface area contributed by atoms with E-state index in [4.69, 9.17) is 4.84 Å². The van der Waals surface area contributed by atoms with E-state index in [-0.39, 0.29) is 38.5 Å². The molecule has 1 atom stereocenters. The van der Waals surface area contributed by atoms with Gasteiger partial charge in [-0.1, -0.05) is 0 Å². The number of imide groups is 2. The van der Waals surface area contributed by atoms with E-state index in [1.165, 1.54) is 7.05 Å². The number of hydrogen-bond donors (Lipinski definition) is 1. The Morgan fingerprint density at radius 1 is 0.920 bits per heavy atom. The van der Waals surface area contributed by atoms with Crippen LogP contribution in [-0.2, 0) is 38.4 Å². The fraction of sp³-hybridized carbons (Fsp3) is 0.571. The minimum atomic E-state index is -0.987. The summed E-state index contributed by atoms with van der Waals surface area (Å²) in [5.41, 5.74) is 0. The number of carbonyl (C=O) groups excluding carboxylic acids is 6. The molecule has 2 heterocycles. The first kappa shape index (κ1) is 18.5. The Balaban J connectivity index is 1.82. The van der Waals surface area contributed by atoms with Crippen LogP contribution in [0.5, 0.6) is 0 Å². The van der Waals surface area contributed by atoms with Crippen molar-refractivity contribution in [3.63, 3.8) is 0 Å². The largest absolute Gasteiger partial charge is 0.349 e. The molecule has 0 saturated carbocycles. The zero-order chi connectivity index (χ0) is 18.6. The van der Waals surface area contributed by atoms with Gasteiger partial charge in [-0.3, -0.25) is 19.2 Å². The van der Waals surface area contributed by atoms with Gasteiger partial charge in [0.1, 0.15) is 6.04 Å². The highest BCUT2D eigenvalue weighted by atomic mass is 16.7. The van der Waals surface area contributed by atoms with Crippen molar-refractivity contribution in [3.05, 3.63) is 0 Å². The van der Waals surface area contributed by atoms with Gasteiger partial charge in [-0.2, -0.15) is 0 Å². The quantitative estimate of drug-likeness (QED) is 0.544. The van der Waals surface area contributed by atoms with E-state index in [1.54, 1.807) is 0 Å². The maximum Gasteiger partial charge on any atom is 0.349 e. The molecule has 136 valence electrons. The molecule has 0 aliphatic carbocycles. The smallest absolute Gasteiger partial charge is 0.330 e. The molecule has 0 bridgehead atoms. The number of carbonyl (C=O) groups is 6. The van der Waals surface area contributed by atoms with E-state index >= 15 is 0 Å². The molecule has 2 rings (SSSR count). The number of amides is 4. The van der Waals surface area contributed by atoms with E-state index in [0.717, 1.165) is 0 Å². The lowest BCUT2D eigenvalue weighted by Gasteiger charge is -2.18. The number of hydrogen-bond acceptors (Lipinski definition) is 9. The van der Waals surface area contributed by atoms with Crippen LogP contribution in [0.1, 0.15) is 38.5 Å². The van der Waals surface area contributed by atoms with E-state index < -0.39 is 41.6 Å². The molecule has 4 amide bonds. The van der Waals surface area contributed by atoms with Gasteiger partial charge >= 0.3 is 11.9 Å². The highest BCUT2D eigenvalue weighted by Gasteiger charge is 2.35. The fourth-order valence-electron chi connectivity index (χ4n) is 2.26. The molecule has 25 heavy (non-hydrogen) atoms. The van der Waals surface area contributed by atoms with E-state index in [2.05, 4.69) is 10.2 Å². The summed E-state index contributed by atoms with van der Waals surface area (Å²) in [6.07, 6.45) is -0.466. The highest BCUT2D eigenvalue weighted by molar-refractivity contribution is 6.02. The Kier molecular flexibility index (Phi) is 5.80. The molecule has 0 aromatic heterocycles. The van der Waals surface area contributed by atoms with Gasteiger partial charge < -0.3 is 15.0 Å². The van der Waals surface area contributed by atoms with Crippen LogP contribution in [0, 0.1) is 0 Å². The maximum atomic E-state index is 12.0. The molecule has 2 fully saturated rings. The molecule has 0 spiro atoms. The normalized spacial score (nSPS) is 18.8. The molecule has 1 N–H and O–H groups in total. The molecule has 2 aliphatic heterocycles. The highest BCUT2D eigenvalue weighted by Crippen LogP contribution is 2.15. The van der Waals surface area contributed by atoms with Crippen LogP contribution in [0.2, 0.25) is 0 Å². The Bertz CT molecular complexity index is 600. The fourth-order valence-corrected chi connectivity index (χ4v) is 2.26. The Morgan fingerprint density at radius 2 is 1.36 bits per heavy atom. The first-order valence-corrected chi connectivity index (χ1v) is 7.65.